The van der Waals surface area contributed by atoms with Gasteiger partial charge in [-0.3, -0.25) is 10.2 Å². The van der Waals surface area contributed by atoms with Crippen LogP contribution in [-0.4, -0.2) is 40.8 Å². The molecule has 2 heterocycles. The third kappa shape index (κ3) is 4.44. The van der Waals surface area contributed by atoms with Crippen molar-refractivity contribution in [3.8, 4) is 0 Å². The molecule has 1 aliphatic heterocycles. The van der Waals surface area contributed by atoms with E-state index in [0.29, 0.717) is 34.2 Å². The molecule has 1 aromatic heterocycles. The molecule has 7 nitrogen and oxygen atoms in total. The van der Waals surface area contributed by atoms with Crippen molar-refractivity contribution in [1.29, 1.82) is 5.41 Å². The van der Waals surface area contributed by atoms with Gasteiger partial charge in [0.25, 0.3) is 5.91 Å². The van der Waals surface area contributed by atoms with Gasteiger partial charge in [0.05, 0.1) is 23.4 Å². The lowest BCUT2D eigenvalue weighted by atomic mass is 9.92. The van der Waals surface area contributed by atoms with Gasteiger partial charge in [0.2, 0.25) is 0 Å². The zero-order chi connectivity index (χ0) is 22.0. The van der Waals surface area contributed by atoms with Crippen LogP contribution in [0.25, 0.3) is 11.1 Å². The molecular weight excluding hydrogens is 421 g/mol. The van der Waals surface area contributed by atoms with E-state index in [4.69, 9.17) is 21.4 Å². The number of halogens is 2. The van der Waals surface area contributed by atoms with Crippen LogP contribution in [0.4, 0.5) is 10.1 Å². The number of carbonyl (C=O) groups is 1. The number of hydrazone groups is 1. The van der Waals surface area contributed by atoms with Crippen molar-refractivity contribution < 1.29 is 13.6 Å². The number of hydrogen-bond donors (Lipinski definition) is 2. The van der Waals surface area contributed by atoms with Gasteiger partial charge in [-0.1, -0.05) is 11.6 Å². The fourth-order valence-corrected chi connectivity index (χ4v) is 3.94. The Labute approximate surface area is 183 Å². The van der Waals surface area contributed by atoms with E-state index >= 15 is 0 Å². The van der Waals surface area contributed by atoms with Crippen molar-refractivity contribution >= 4 is 46.7 Å². The van der Waals surface area contributed by atoms with Crippen LogP contribution in [0.1, 0.15) is 41.9 Å². The van der Waals surface area contributed by atoms with Gasteiger partial charge in [-0.25, -0.2) is 9.37 Å². The van der Waals surface area contributed by atoms with E-state index in [1.807, 2.05) is 6.92 Å². The largest absolute Gasteiger partial charge is 0.440 e. The maximum absolute atomic E-state index is 13.9. The highest BCUT2D eigenvalue weighted by atomic mass is 35.5. The first kappa shape index (κ1) is 21.0. The molecule has 1 amide bonds. The van der Waals surface area contributed by atoms with Crippen molar-refractivity contribution in [3.05, 3.63) is 58.7 Å². The average molecular weight is 442 g/mol. The molecule has 2 aromatic carbocycles. The summed E-state index contributed by atoms with van der Waals surface area (Å²) in [5.41, 5.74) is 4.58. The predicted octanol–water partition coefficient (Wildman–Crippen LogP) is 5.08. The van der Waals surface area contributed by atoms with E-state index in [2.05, 4.69) is 15.5 Å². The number of amides is 1. The Kier molecular flexibility index (Phi) is 5.99. The van der Waals surface area contributed by atoms with Crippen molar-refractivity contribution in [2.75, 3.05) is 12.0 Å². The Bertz CT molecular complexity index is 1160. The normalized spacial score (nSPS) is 19.1. The summed E-state index contributed by atoms with van der Waals surface area (Å²) in [6.07, 6.45) is 3.82. The number of likely N-dealkylation sites (tertiary alicyclic amines) is 1. The third-order valence-electron chi connectivity index (χ3n) is 5.40. The molecule has 0 spiro atoms. The second-order valence-corrected chi connectivity index (χ2v) is 7.93. The Morgan fingerprint density at radius 3 is 3.00 bits per heavy atom. The first-order chi connectivity index (χ1) is 15.0. The molecule has 0 radical (unpaired) electrons. The highest BCUT2D eigenvalue weighted by Gasteiger charge is 2.33. The van der Waals surface area contributed by atoms with E-state index in [-0.39, 0.29) is 23.4 Å². The number of benzene rings is 2. The molecule has 1 aliphatic rings. The standard InChI is InChI=1S/C22H21ClFN5O2/c1-13-2-3-14(21-27-19-10-15(23)4-7-20(19)31-21)12-29(13)22(30)17-11-16(24)5-6-18(17)28-26-9-8-25/h4-11,13-14,25,28H,2-3,12H2,1H3. The summed E-state index contributed by atoms with van der Waals surface area (Å²) in [7, 11) is 0. The summed E-state index contributed by atoms with van der Waals surface area (Å²) in [5.74, 6) is -0.326. The monoisotopic (exact) mass is 441 g/mol. The molecule has 3 aromatic rings. The minimum atomic E-state index is -0.512. The van der Waals surface area contributed by atoms with Gasteiger partial charge in [0.15, 0.2) is 11.5 Å². The lowest BCUT2D eigenvalue weighted by molar-refractivity contribution is 0.0598. The first-order valence-corrected chi connectivity index (χ1v) is 10.3. The molecule has 1 fully saturated rings. The summed E-state index contributed by atoms with van der Waals surface area (Å²) >= 11 is 6.05. The Balaban J connectivity index is 1.61. The fourth-order valence-electron chi connectivity index (χ4n) is 3.77. The number of piperidine rings is 1. The molecular formula is C22H21ClFN5O2. The van der Waals surface area contributed by atoms with Gasteiger partial charge >= 0.3 is 0 Å². The molecule has 0 aliphatic carbocycles. The number of oxazole rings is 1. The Hall–Kier alpha value is -3.26. The van der Waals surface area contributed by atoms with Crippen molar-refractivity contribution in [3.63, 3.8) is 0 Å². The van der Waals surface area contributed by atoms with E-state index in [1.165, 1.54) is 24.4 Å². The number of hydrogen-bond acceptors (Lipinski definition) is 6. The van der Waals surface area contributed by atoms with Gasteiger partial charge in [0.1, 0.15) is 11.3 Å². The number of carbonyl (C=O) groups excluding carboxylic acids is 1. The van der Waals surface area contributed by atoms with Gasteiger partial charge in [-0.2, -0.15) is 5.10 Å². The van der Waals surface area contributed by atoms with Gasteiger partial charge in [-0.15, -0.1) is 0 Å². The van der Waals surface area contributed by atoms with Crippen LogP contribution in [0.3, 0.4) is 0 Å². The van der Waals surface area contributed by atoms with Gasteiger partial charge < -0.3 is 14.7 Å². The van der Waals surface area contributed by atoms with Gasteiger partial charge in [0, 0.05) is 23.8 Å². The molecule has 9 heteroatoms. The Morgan fingerprint density at radius 1 is 1.35 bits per heavy atom. The minimum Gasteiger partial charge on any atom is -0.440 e. The summed E-state index contributed by atoms with van der Waals surface area (Å²) in [4.78, 5) is 19.7. The first-order valence-electron chi connectivity index (χ1n) is 9.91. The maximum Gasteiger partial charge on any atom is 0.256 e. The van der Waals surface area contributed by atoms with Crippen LogP contribution in [0.2, 0.25) is 5.02 Å². The number of rotatable bonds is 5. The van der Waals surface area contributed by atoms with E-state index in [9.17, 15) is 9.18 Å². The number of fused-ring (bicyclic) bond motifs is 1. The van der Waals surface area contributed by atoms with Gasteiger partial charge in [-0.05, 0) is 56.2 Å². The minimum absolute atomic E-state index is 0.0243. The van der Waals surface area contributed by atoms with Crippen LogP contribution in [0.15, 0.2) is 45.9 Å². The SMILES string of the molecule is CC1CCC(c2nc3cc(Cl)ccc3o2)CN1C(=O)c1cc(F)ccc1NN=CC=N. The molecule has 4 rings (SSSR count). The zero-order valence-corrected chi connectivity index (χ0v) is 17.6. The Morgan fingerprint density at radius 2 is 2.19 bits per heavy atom. The van der Waals surface area contributed by atoms with Crippen molar-refractivity contribution in [1.82, 2.24) is 9.88 Å². The second-order valence-electron chi connectivity index (χ2n) is 7.49. The smallest absolute Gasteiger partial charge is 0.256 e. The molecule has 160 valence electrons. The lowest BCUT2D eigenvalue weighted by Crippen LogP contribution is -2.45. The average Bonchev–Trinajstić information content (AvgIpc) is 3.18. The number of anilines is 1. The molecule has 2 atom stereocenters. The number of nitrogens with one attached hydrogen (secondary N) is 2. The van der Waals surface area contributed by atoms with Crippen molar-refractivity contribution in [2.45, 2.75) is 31.7 Å². The van der Waals surface area contributed by atoms with Crippen LogP contribution in [0, 0.1) is 11.2 Å². The fraction of sp³-hybridized carbons (Fsp3) is 0.273. The topological polar surface area (TPSA) is 94.6 Å². The summed E-state index contributed by atoms with van der Waals surface area (Å²) in [6, 6.07) is 9.16. The molecule has 31 heavy (non-hydrogen) atoms. The summed E-state index contributed by atoms with van der Waals surface area (Å²) in [6.45, 7) is 2.37. The molecule has 1 saturated heterocycles. The lowest BCUT2D eigenvalue weighted by Gasteiger charge is -2.37. The molecule has 2 N–H and O–H groups in total. The molecule has 0 saturated carbocycles. The molecule has 0 bridgehead atoms. The number of nitrogens with zero attached hydrogens (tertiary/aromatic N) is 3. The highest BCUT2D eigenvalue weighted by molar-refractivity contribution is 6.31. The second kappa shape index (κ2) is 8.85. The van der Waals surface area contributed by atoms with Crippen LogP contribution >= 0.6 is 11.6 Å². The maximum atomic E-state index is 13.9. The summed E-state index contributed by atoms with van der Waals surface area (Å²) in [5, 5.41) is 11.4. The zero-order valence-electron chi connectivity index (χ0n) is 16.8. The van der Waals surface area contributed by atoms with Crippen LogP contribution in [-0.2, 0) is 0 Å². The third-order valence-corrected chi connectivity index (χ3v) is 5.64. The van der Waals surface area contributed by atoms with Crippen LogP contribution in [0.5, 0.6) is 0 Å². The number of aromatic nitrogens is 1. The van der Waals surface area contributed by atoms with E-state index in [0.717, 1.165) is 19.1 Å². The molecule has 2 unspecified atom stereocenters. The summed E-state index contributed by atoms with van der Waals surface area (Å²) < 4.78 is 19.9. The van der Waals surface area contributed by atoms with E-state index < -0.39 is 5.82 Å². The predicted molar refractivity (Wildman–Crippen MR) is 119 cm³/mol. The quantitative estimate of drug-likeness (QED) is 0.426. The van der Waals surface area contributed by atoms with E-state index in [1.54, 1.807) is 23.1 Å². The van der Waals surface area contributed by atoms with Crippen molar-refractivity contribution in [2.24, 2.45) is 5.10 Å². The highest BCUT2D eigenvalue weighted by Crippen LogP contribution is 2.33. The van der Waals surface area contributed by atoms with Crippen LogP contribution < -0.4 is 5.43 Å².